The Morgan fingerprint density at radius 2 is 0.796 bits per heavy atom. The third-order valence-electron chi connectivity index (χ3n) is 10.7. The van der Waals surface area contributed by atoms with Crippen LogP contribution in [0.2, 0.25) is 0 Å². The third kappa shape index (κ3) is 7.32. The van der Waals surface area contributed by atoms with Crippen LogP contribution in [0, 0.1) is 89.0 Å². The van der Waals surface area contributed by atoms with Crippen LogP contribution in [-0.4, -0.2) is 34.0 Å². The zero-order valence-corrected chi connectivity index (χ0v) is 36.0. The Kier molecular flexibility index (Phi) is 10.6. The molecule has 6 rings (SSSR count). The summed E-state index contributed by atoms with van der Waals surface area (Å²) in [6, 6.07) is 30.6. The zero-order valence-electron chi connectivity index (χ0n) is 31.9. The van der Waals surface area contributed by atoms with Gasteiger partial charge < -0.3 is 0 Å². The molecule has 3 atom stereocenters. The van der Waals surface area contributed by atoms with E-state index in [1.807, 2.05) is 0 Å². The number of benzene rings is 5. The SMILES string of the molecule is Cc1cc(C)[c]([Ge]([O][C@H]([C@@H]2C[C@H]2c2ccccc2)[Ge]([c]2c(C)cc(C)cc2C)[c]2c(C)cc(C)cc2C)[c]2c(C)cc(C)cc2C)c(C)c1. The van der Waals surface area contributed by atoms with E-state index < -0.39 is 29.0 Å². The van der Waals surface area contributed by atoms with Crippen LogP contribution < -0.4 is 17.6 Å². The van der Waals surface area contributed by atoms with Gasteiger partial charge in [0.1, 0.15) is 0 Å². The van der Waals surface area contributed by atoms with Gasteiger partial charge in [-0.25, -0.2) is 0 Å². The second kappa shape index (κ2) is 14.4. The minimum atomic E-state index is -2.60. The summed E-state index contributed by atoms with van der Waals surface area (Å²) < 4.78 is 14.6. The fraction of sp³-hybridized carbons (Fsp3) is 0.348. The van der Waals surface area contributed by atoms with Gasteiger partial charge in [0.2, 0.25) is 0 Å². The van der Waals surface area contributed by atoms with Gasteiger partial charge in [-0.2, -0.15) is 0 Å². The van der Waals surface area contributed by atoms with Crippen molar-refractivity contribution in [3.63, 3.8) is 0 Å². The molecule has 1 nitrogen and oxygen atoms in total. The standard InChI is InChI=1S/C46H54Ge2O/c1-27-18-31(5)42(32(6)19-27)47(43-33(7)20-28(2)21-34(43)8)46(41-26-40(41)39-16-14-13-15-17-39)49-48(44-35(9)22-29(3)23-36(44)10)45-37(11)24-30(4)25-38(45)12/h13-25,40-41,46H,26H2,1-12H3/t40-,41+,46+/m0/s1. The zero-order chi connectivity index (χ0) is 35.3. The molecule has 0 bridgehead atoms. The molecule has 1 saturated carbocycles. The molecule has 0 unspecified atom stereocenters. The monoisotopic (exact) mass is 770 g/mol. The Hall–Kier alpha value is -2.85. The minimum absolute atomic E-state index is 0.195. The molecular formula is C46H54Ge2O. The van der Waals surface area contributed by atoms with Crippen LogP contribution in [0.1, 0.15) is 84.7 Å². The van der Waals surface area contributed by atoms with Crippen LogP contribution in [0.25, 0.3) is 0 Å². The summed E-state index contributed by atoms with van der Waals surface area (Å²) in [6.45, 7) is 27.8. The van der Waals surface area contributed by atoms with Gasteiger partial charge in [-0.1, -0.05) is 0 Å². The summed E-state index contributed by atoms with van der Waals surface area (Å²) in [5, 5.41) is 0. The molecule has 0 aliphatic heterocycles. The van der Waals surface area contributed by atoms with Gasteiger partial charge in [0.25, 0.3) is 0 Å². The summed E-state index contributed by atoms with van der Waals surface area (Å²) >= 11 is -5.01. The summed E-state index contributed by atoms with van der Waals surface area (Å²) in [4.78, 5) is 0.195. The van der Waals surface area contributed by atoms with Gasteiger partial charge in [-0.05, 0) is 0 Å². The molecule has 252 valence electrons. The molecule has 1 aliphatic carbocycles. The van der Waals surface area contributed by atoms with E-state index in [1.165, 1.54) is 87.5 Å². The first-order chi connectivity index (χ1) is 23.2. The van der Waals surface area contributed by atoms with Crippen molar-refractivity contribution in [3.05, 3.63) is 151 Å². The second-order valence-corrected chi connectivity index (χ2v) is 24.3. The average molecular weight is 768 g/mol. The molecule has 0 amide bonds. The number of hydrogen-bond donors (Lipinski definition) is 0. The normalized spacial score (nSPS) is 16.4. The molecule has 49 heavy (non-hydrogen) atoms. The fourth-order valence-corrected chi connectivity index (χ4v) is 25.0. The van der Waals surface area contributed by atoms with Gasteiger partial charge in [-0.15, -0.1) is 0 Å². The Labute approximate surface area is 306 Å². The molecule has 5 aromatic rings. The van der Waals surface area contributed by atoms with Crippen LogP contribution in [0.5, 0.6) is 0 Å². The van der Waals surface area contributed by atoms with E-state index in [1.54, 1.807) is 8.79 Å². The topological polar surface area (TPSA) is 9.23 Å². The maximum absolute atomic E-state index is 8.29. The van der Waals surface area contributed by atoms with E-state index in [0.717, 1.165) is 0 Å². The van der Waals surface area contributed by atoms with Gasteiger partial charge in [0, 0.05) is 0 Å². The fourth-order valence-electron chi connectivity index (χ4n) is 9.06. The second-order valence-electron chi connectivity index (χ2n) is 15.3. The van der Waals surface area contributed by atoms with Crippen LogP contribution in [0.3, 0.4) is 0 Å². The summed E-state index contributed by atoms with van der Waals surface area (Å²) in [7, 11) is 0. The summed E-state index contributed by atoms with van der Waals surface area (Å²) in [6.07, 6.45) is 1.20. The first-order valence-corrected chi connectivity index (χ1v) is 24.3. The van der Waals surface area contributed by atoms with Crippen molar-refractivity contribution < 1.29 is 3.76 Å². The molecule has 1 fully saturated rings. The van der Waals surface area contributed by atoms with Crippen LogP contribution >= 0.6 is 0 Å². The van der Waals surface area contributed by atoms with Crippen molar-refractivity contribution in [2.24, 2.45) is 5.92 Å². The van der Waals surface area contributed by atoms with Gasteiger partial charge >= 0.3 is 308 Å². The molecule has 0 saturated heterocycles. The molecule has 0 heterocycles. The number of hydrogen-bond acceptors (Lipinski definition) is 1. The molecule has 0 spiro atoms. The van der Waals surface area contributed by atoms with Crippen molar-refractivity contribution in [1.29, 1.82) is 0 Å². The van der Waals surface area contributed by atoms with Crippen molar-refractivity contribution in [1.82, 2.24) is 0 Å². The van der Waals surface area contributed by atoms with E-state index in [9.17, 15) is 0 Å². The number of aryl methyl sites for hydroxylation is 12. The third-order valence-corrected chi connectivity index (χ3v) is 25.9. The van der Waals surface area contributed by atoms with E-state index in [-0.39, 0.29) is 4.94 Å². The molecule has 5 aromatic carbocycles. The van der Waals surface area contributed by atoms with Crippen molar-refractivity contribution in [3.8, 4) is 0 Å². The van der Waals surface area contributed by atoms with Crippen LogP contribution in [0.4, 0.5) is 0 Å². The summed E-state index contributed by atoms with van der Waals surface area (Å²) in [5.74, 6) is 1.03. The predicted octanol–water partition coefficient (Wildman–Crippen LogP) is 8.53. The van der Waals surface area contributed by atoms with Gasteiger partial charge in [0.05, 0.1) is 0 Å². The molecule has 2 radical (unpaired) electrons. The van der Waals surface area contributed by atoms with E-state index in [4.69, 9.17) is 3.76 Å². The van der Waals surface area contributed by atoms with E-state index in [0.29, 0.717) is 11.8 Å². The molecule has 3 heteroatoms. The first kappa shape index (κ1) is 36.0. The predicted molar refractivity (Wildman–Crippen MR) is 215 cm³/mol. The van der Waals surface area contributed by atoms with Crippen LogP contribution in [0.15, 0.2) is 78.9 Å². The molecule has 1 aliphatic rings. The maximum atomic E-state index is 8.29. The summed E-state index contributed by atoms with van der Waals surface area (Å²) in [5.41, 5.74) is 18.2. The van der Waals surface area contributed by atoms with Crippen molar-refractivity contribution in [2.75, 3.05) is 0 Å². The van der Waals surface area contributed by atoms with Gasteiger partial charge in [-0.3, -0.25) is 0 Å². The van der Waals surface area contributed by atoms with Crippen molar-refractivity contribution >= 4 is 46.6 Å². The Balaban J connectivity index is 1.65. The Morgan fingerprint density at radius 1 is 0.469 bits per heavy atom. The molecule has 0 N–H and O–H groups in total. The average Bonchev–Trinajstić information content (AvgIpc) is 3.78. The van der Waals surface area contributed by atoms with E-state index >= 15 is 0 Å². The van der Waals surface area contributed by atoms with Crippen molar-refractivity contribution in [2.45, 2.75) is 100 Å². The quantitative estimate of drug-likeness (QED) is 0.137. The molecule has 0 aromatic heterocycles. The number of rotatable bonds is 9. The Bertz CT molecular complexity index is 1820. The van der Waals surface area contributed by atoms with E-state index in [2.05, 4.69) is 162 Å². The Morgan fingerprint density at radius 3 is 1.14 bits per heavy atom. The first-order valence-electron chi connectivity index (χ1n) is 18.0. The van der Waals surface area contributed by atoms with Crippen LogP contribution in [-0.2, 0) is 3.76 Å². The van der Waals surface area contributed by atoms with Gasteiger partial charge in [0.15, 0.2) is 0 Å². The molecular weight excluding hydrogens is 714 g/mol.